The molecule has 1 unspecified atom stereocenters. The van der Waals surface area contributed by atoms with Gasteiger partial charge in [0.1, 0.15) is 11.7 Å². The molecule has 58 valence electrons. The topological polar surface area (TPSA) is 38.8 Å². The van der Waals surface area contributed by atoms with Crippen LogP contribution in [0.3, 0.4) is 0 Å². The van der Waals surface area contributed by atoms with E-state index in [0.717, 1.165) is 0 Å². The fourth-order valence-corrected chi connectivity index (χ4v) is 0.722. The van der Waals surface area contributed by atoms with Gasteiger partial charge in [0.05, 0.1) is 6.61 Å². The normalized spacial score (nSPS) is 33.1. The summed E-state index contributed by atoms with van der Waals surface area (Å²) < 4.78 is 9.99. The van der Waals surface area contributed by atoms with Gasteiger partial charge in [-0.2, -0.15) is 0 Å². The molecule has 3 heteroatoms. The second-order valence-electron chi connectivity index (χ2n) is 2.85. The van der Waals surface area contributed by atoms with Crippen molar-refractivity contribution in [3.8, 4) is 0 Å². The predicted octanol–water partition coefficient (Wildman–Crippen LogP) is 0.727. The van der Waals surface area contributed by atoms with E-state index in [0.29, 0.717) is 6.61 Å². The predicted molar refractivity (Wildman–Crippen MR) is 35.6 cm³/mol. The first-order valence-electron chi connectivity index (χ1n) is 3.36. The molecule has 0 radical (unpaired) electrons. The van der Waals surface area contributed by atoms with Crippen LogP contribution in [-0.2, 0) is 14.3 Å². The zero-order chi connectivity index (χ0) is 7.78. The largest absolute Gasteiger partial charge is 0.460 e. The SMILES string of the molecule is CC(=O)O[C@H](C)C1(C)CO1. The van der Waals surface area contributed by atoms with E-state index < -0.39 is 0 Å². The third-order valence-electron chi connectivity index (χ3n) is 1.80. The molecule has 1 rings (SSSR count). The molecule has 2 atom stereocenters. The molecule has 1 aliphatic heterocycles. The molecule has 0 bridgehead atoms. The van der Waals surface area contributed by atoms with Crippen LogP contribution in [0.4, 0.5) is 0 Å². The lowest BCUT2D eigenvalue weighted by Crippen LogP contribution is -2.28. The number of hydrogen-bond acceptors (Lipinski definition) is 3. The van der Waals surface area contributed by atoms with E-state index >= 15 is 0 Å². The first-order valence-corrected chi connectivity index (χ1v) is 3.36. The molecule has 0 aliphatic carbocycles. The van der Waals surface area contributed by atoms with Gasteiger partial charge in [-0.1, -0.05) is 0 Å². The van der Waals surface area contributed by atoms with Crippen LogP contribution in [-0.4, -0.2) is 24.3 Å². The van der Waals surface area contributed by atoms with Crippen molar-refractivity contribution in [1.29, 1.82) is 0 Å². The van der Waals surface area contributed by atoms with Crippen LogP contribution in [0.15, 0.2) is 0 Å². The van der Waals surface area contributed by atoms with E-state index in [1.807, 2.05) is 13.8 Å². The van der Waals surface area contributed by atoms with Crippen LogP contribution in [0, 0.1) is 0 Å². The summed E-state index contributed by atoms with van der Waals surface area (Å²) in [5.41, 5.74) is -0.203. The molecule has 3 nitrogen and oxygen atoms in total. The Morgan fingerprint density at radius 3 is 2.60 bits per heavy atom. The van der Waals surface area contributed by atoms with Crippen molar-refractivity contribution in [2.45, 2.75) is 32.5 Å². The highest BCUT2D eigenvalue weighted by Crippen LogP contribution is 2.31. The summed E-state index contributed by atoms with van der Waals surface area (Å²) in [5.74, 6) is -0.246. The maximum absolute atomic E-state index is 10.5. The second-order valence-corrected chi connectivity index (χ2v) is 2.85. The van der Waals surface area contributed by atoms with E-state index in [9.17, 15) is 4.79 Å². The zero-order valence-electron chi connectivity index (χ0n) is 6.51. The molecule has 0 amide bonds. The van der Waals surface area contributed by atoms with Crippen molar-refractivity contribution in [3.05, 3.63) is 0 Å². The number of rotatable bonds is 2. The summed E-state index contributed by atoms with van der Waals surface area (Å²) in [6.45, 7) is 5.87. The number of carbonyl (C=O) groups is 1. The Morgan fingerprint density at radius 2 is 2.30 bits per heavy atom. The highest BCUT2D eigenvalue weighted by atomic mass is 16.6. The Morgan fingerprint density at radius 1 is 1.80 bits per heavy atom. The fourth-order valence-electron chi connectivity index (χ4n) is 0.722. The fraction of sp³-hybridized carbons (Fsp3) is 0.857. The Balaban J connectivity index is 2.34. The Labute approximate surface area is 60.3 Å². The summed E-state index contributed by atoms with van der Waals surface area (Å²) in [4.78, 5) is 10.5. The Hall–Kier alpha value is -0.570. The van der Waals surface area contributed by atoms with Gasteiger partial charge >= 0.3 is 5.97 Å². The minimum Gasteiger partial charge on any atom is -0.460 e. The van der Waals surface area contributed by atoms with Crippen LogP contribution in [0.1, 0.15) is 20.8 Å². The molecule has 10 heavy (non-hydrogen) atoms. The highest BCUT2D eigenvalue weighted by molar-refractivity contribution is 5.66. The van der Waals surface area contributed by atoms with Gasteiger partial charge in [0.2, 0.25) is 0 Å². The molecule has 0 N–H and O–H groups in total. The standard InChI is InChI=1S/C7H12O3/c1-5(10-6(2)8)7(3)4-9-7/h5H,4H2,1-3H3/t5-,7?/m1/s1. The van der Waals surface area contributed by atoms with Gasteiger partial charge in [0.25, 0.3) is 0 Å². The molecule has 1 fully saturated rings. The van der Waals surface area contributed by atoms with E-state index in [2.05, 4.69) is 0 Å². The first-order chi connectivity index (χ1) is 4.54. The van der Waals surface area contributed by atoms with Crippen molar-refractivity contribution in [2.24, 2.45) is 0 Å². The van der Waals surface area contributed by atoms with Crippen LogP contribution in [0.2, 0.25) is 0 Å². The molecule has 1 heterocycles. The molecule has 0 saturated carbocycles. The minimum absolute atomic E-state index is 0.120. The van der Waals surface area contributed by atoms with Gasteiger partial charge in [0.15, 0.2) is 0 Å². The lowest BCUT2D eigenvalue weighted by atomic mass is 10.1. The van der Waals surface area contributed by atoms with Gasteiger partial charge in [-0.05, 0) is 13.8 Å². The van der Waals surface area contributed by atoms with E-state index in [-0.39, 0.29) is 17.7 Å². The minimum atomic E-state index is -0.246. The van der Waals surface area contributed by atoms with Crippen molar-refractivity contribution < 1.29 is 14.3 Å². The summed E-state index contributed by atoms with van der Waals surface area (Å²) >= 11 is 0. The van der Waals surface area contributed by atoms with E-state index in [4.69, 9.17) is 9.47 Å². The molecular formula is C7H12O3. The Kier molecular flexibility index (Phi) is 1.68. The summed E-state index contributed by atoms with van der Waals surface area (Å²) in [6.07, 6.45) is -0.120. The van der Waals surface area contributed by atoms with Crippen LogP contribution >= 0.6 is 0 Å². The smallest absolute Gasteiger partial charge is 0.302 e. The second kappa shape index (κ2) is 2.23. The third-order valence-corrected chi connectivity index (χ3v) is 1.80. The molecule has 0 aromatic carbocycles. The summed E-state index contributed by atoms with van der Waals surface area (Å²) in [5, 5.41) is 0. The summed E-state index contributed by atoms with van der Waals surface area (Å²) in [6, 6.07) is 0. The average Bonchev–Trinajstić information content (AvgIpc) is 2.47. The van der Waals surface area contributed by atoms with Gasteiger partial charge < -0.3 is 9.47 Å². The van der Waals surface area contributed by atoms with Crippen molar-refractivity contribution >= 4 is 5.97 Å². The average molecular weight is 144 g/mol. The van der Waals surface area contributed by atoms with Gasteiger partial charge in [0, 0.05) is 6.92 Å². The molecule has 0 aromatic heterocycles. The molecule has 1 aliphatic rings. The third kappa shape index (κ3) is 1.48. The lowest BCUT2D eigenvalue weighted by Gasteiger charge is -2.14. The molecule has 0 spiro atoms. The monoisotopic (exact) mass is 144 g/mol. The molecular weight excluding hydrogens is 132 g/mol. The zero-order valence-corrected chi connectivity index (χ0v) is 6.51. The number of ether oxygens (including phenoxy) is 2. The van der Waals surface area contributed by atoms with Crippen molar-refractivity contribution in [1.82, 2.24) is 0 Å². The number of esters is 1. The summed E-state index contributed by atoms with van der Waals surface area (Å²) in [7, 11) is 0. The highest BCUT2D eigenvalue weighted by Gasteiger charge is 2.46. The Bertz CT molecular complexity index is 149. The first kappa shape index (κ1) is 7.54. The number of epoxide rings is 1. The van der Waals surface area contributed by atoms with Crippen LogP contribution in [0.5, 0.6) is 0 Å². The van der Waals surface area contributed by atoms with Crippen molar-refractivity contribution in [3.63, 3.8) is 0 Å². The van der Waals surface area contributed by atoms with Gasteiger partial charge in [-0.3, -0.25) is 4.79 Å². The van der Waals surface area contributed by atoms with Gasteiger partial charge in [-0.25, -0.2) is 0 Å². The van der Waals surface area contributed by atoms with Crippen LogP contribution < -0.4 is 0 Å². The quantitative estimate of drug-likeness (QED) is 0.423. The molecule has 1 saturated heterocycles. The maximum Gasteiger partial charge on any atom is 0.302 e. The van der Waals surface area contributed by atoms with Crippen LogP contribution in [0.25, 0.3) is 0 Å². The maximum atomic E-state index is 10.5. The number of hydrogen-bond donors (Lipinski definition) is 0. The van der Waals surface area contributed by atoms with E-state index in [1.165, 1.54) is 6.92 Å². The van der Waals surface area contributed by atoms with E-state index in [1.54, 1.807) is 0 Å². The number of carbonyl (C=O) groups excluding carboxylic acids is 1. The van der Waals surface area contributed by atoms with Crippen molar-refractivity contribution in [2.75, 3.05) is 6.61 Å². The van der Waals surface area contributed by atoms with Gasteiger partial charge in [-0.15, -0.1) is 0 Å². The lowest BCUT2D eigenvalue weighted by molar-refractivity contribution is -0.148. The molecule has 0 aromatic rings.